The average molecular weight is 372 g/mol. The van der Waals surface area contributed by atoms with E-state index in [1.807, 2.05) is 24.3 Å². The highest BCUT2D eigenvalue weighted by Gasteiger charge is 2.68. The van der Waals surface area contributed by atoms with Gasteiger partial charge in [-0.15, -0.1) is 0 Å². The zero-order chi connectivity index (χ0) is 18.8. The van der Waals surface area contributed by atoms with Crippen molar-refractivity contribution in [1.82, 2.24) is 9.88 Å². The number of nitrogens with zero attached hydrogens (tertiary/aromatic N) is 1. The van der Waals surface area contributed by atoms with Gasteiger partial charge in [0.2, 0.25) is 0 Å². The third kappa shape index (κ3) is 1.92. The molecular weight excluding hydrogens is 348 g/mol. The molecule has 0 aliphatic carbocycles. The van der Waals surface area contributed by atoms with E-state index in [0.29, 0.717) is 19.5 Å². The Morgan fingerprint density at radius 2 is 2.26 bits per heavy atom. The van der Waals surface area contributed by atoms with Crippen LogP contribution in [0.15, 0.2) is 24.3 Å². The van der Waals surface area contributed by atoms with Gasteiger partial charge in [-0.05, 0) is 24.6 Å². The van der Waals surface area contributed by atoms with Gasteiger partial charge in [-0.2, -0.15) is 0 Å². The summed E-state index contributed by atoms with van der Waals surface area (Å²) in [5.41, 5.74) is 0.774. The second-order valence-electron chi connectivity index (χ2n) is 7.93. The van der Waals surface area contributed by atoms with E-state index in [-0.39, 0.29) is 31.7 Å². The molecule has 3 N–H and O–H groups in total. The third-order valence-electron chi connectivity index (χ3n) is 7.07. The predicted octanol–water partition coefficient (Wildman–Crippen LogP) is 0.536. The molecule has 5 unspecified atom stereocenters. The van der Waals surface area contributed by atoms with E-state index in [0.717, 1.165) is 22.2 Å². The average Bonchev–Trinajstić information content (AvgIpc) is 3.18. The van der Waals surface area contributed by atoms with E-state index in [1.165, 1.54) is 7.11 Å². The number of aromatic amines is 1. The van der Waals surface area contributed by atoms with Crippen LogP contribution in [0.4, 0.5) is 0 Å². The van der Waals surface area contributed by atoms with Crippen molar-refractivity contribution in [2.75, 3.05) is 33.5 Å². The van der Waals surface area contributed by atoms with Gasteiger partial charge in [0.25, 0.3) is 0 Å². The highest BCUT2D eigenvalue weighted by atomic mass is 16.5. The lowest BCUT2D eigenvalue weighted by atomic mass is 9.63. The summed E-state index contributed by atoms with van der Waals surface area (Å²) < 4.78 is 11.1. The Labute approximate surface area is 156 Å². The van der Waals surface area contributed by atoms with Gasteiger partial charge in [0.05, 0.1) is 38.6 Å². The smallest absolute Gasteiger partial charge is 0.320 e. The summed E-state index contributed by atoms with van der Waals surface area (Å²) in [5.74, 6) is -0.690. The van der Waals surface area contributed by atoms with E-state index in [1.54, 1.807) is 0 Å². The fraction of sp³-hybridized carbons (Fsp3) is 0.550. The zero-order valence-corrected chi connectivity index (χ0v) is 15.3. The van der Waals surface area contributed by atoms with Crippen LogP contribution < -0.4 is 0 Å². The molecule has 0 radical (unpaired) electrons. The molecule has 2 fully saturated rings. The molecule has 5 rings (SSSR count). The number of aliphatic hydroxyl groups excluding tert-OH is 2. The SMILES string of the molecule is COC(=O)C12COCC(O)C3(CO)C1CCN3Cc1c2[nH]c2ccccc12. The number of methoxy groups -OCH3 is 1. The fourth-order valence-corrected chi connectivity index (χ4v) is 5.87. The number of esters is 1. The summed E-state index contributed by atoms with van der Waals surface area (Å²) >= 11 is 0. The number of benzene rings is 1. The molecule has 7 nitrogen and oxygen atoms in total. The minimum absolute atomic E-state index is 0.0852. The first-order valence-corrected chi connectivity index (χ1v) is 9.39. The maximum absolute atomic E-state index is 13.3. The molecule has 7 heteroatoms. The normalized spacial score (nSPS) is 37.5. The standard InChI is InChI=1S/C20H24N2O5/c1-26-18(25)19-11-27-9-16(24)20(10-23)15(19)6-7-22(20)8-13-12-4-2-3-5-14(12)21-17(13)19/h2-5,15-16,21,23-24H,6-11H2,1H3. The number of para-hydroxylation sites is 1. The number of H-pyrrole nitrogens is 1. The molecule has 0 spiro atoms. The highest BCUT2D eigenvalue weighted by Crippen LogP contribution is 2.55. The number of ether oxygens (including phenoxy) is 2. The van der Waals surface area contributed by atoms with Crippen LogP contribution in [0.25, 0.3) is 10.9 Å². The molecular formula is C20H24N2O5. The summed E-state index contributed by atoms with van der Waals surface area (Å²) in [4.78, 5) is 18.9. The van der Waals surface area contributed by atoms with Crippen molar-refractivity contribution in [3.63, 3.8) is 0 Å². The number of aromatic nitrogens is 1. The van der Waals surface area contributed by atoms with Crippen molar-refractivity contribution in [2.24, 2.45) is 5.92 Å². The molecule has 0 amide bonds. The summed E-state index contributed by atoms with van der Waals surface area (Å²) in [5, 5.41) is 22.5. The molecule has 144 valence electrons. The van der Waals surface area contributed by atoms with E-state index < -0.39 is 17.1 Å². The molecule has 3 aliphatic heterocycles. The van der Waals surface area contributed by atoms with Gasteiger partial charge >= 0.3 is 5.97 Å². The van der Waals surface area contributed by atoms with Crippen molar-refractivity contribution >= 4 is 16.9 Å². The van der Waals surface area contributed by atoms with Crippen LogP contribution in [0, 0.1) is 5.92 Å². The Balaban J connectivity index is 1.87. The highest BCUT2D eigenvalue weighted by molar-refractivity contribution is 5.91. The van der Waals surface area contributed by atoms with Gasteiger partial charge in [-0.1, -0.05) is 18.2 Å². The largest absolute Gasteiger partial charge is 0.468 e. The topological polar surface area (TPSA) is 95.0 Å². The number of hydrogen-bond donors (Lipinski definition) is 3. The van der Waals surface area contributed by atoms with Gasteiger partial charge in [-0.3, -0.25) is 9.69 Å². The van der Waals surface area contributed by atoms with Crippen molar-refractivity contribution in [3.8, 4) is 0 Å². The second kappa shape index (κ2) is 5.78. The van der Waals surface area contributed by atoms with Crippen LogP contribution in [0.1, 0.15) is 17.7 Å². The Hall–Kier alpha value is -1.93. The van der Waals surface area contributed by atoms with Crippen LogP contribution >= 0.6 is 0 Å². The lowest BCUT2D eigenvalue weighted by molar-refractivity contribution is -0.154. The van der Waals surface area contributed by atoms with Crippen LogP contribution in [-0.2, 0) is 26.2 Å². The summed E-state index contributed by atoms with van der Waals surface area (Å²) in [7, 11) is 1.39. The number of aliphatic hydroxyl groups is 2. The van der Waals surface area contributed by atoms with Crippen molar-refractivity contribution < 1.29 is 24.5 Å². The van der Waals surface area contributed by atoms with Crippen molar-refractivity contribution in [1.29, 1.82) is 0 Å². The molecule has 1 aromatic heterocycles. The van der Waals surface area contributed by atoms with Gasteiger partial charge in [-0.25, -0.2) is 0 Å². The van der Waals surface area contributed by atoms with Crippen molar-refractivity contribution in [3.05, 3.63) is 35.5 Å². The van der Waals surface area contributed by atoms with E-state index in [4.69, 9.17) is 9.47 Å². The molecule has 4 heterocycles. The van der Waals surface area contributed by atoms with Gasteiger partial charge < -0.3 is 24.7 Å². The number of fused-ring (bicyclic) bond motifs is 4. The first-order valence-electron chi connectivity index (χ1n) is 9.39. The lowest BCUT2D eigenvalue weighted by Gasteiger charge is -2.45. The van der Waals surface area contributed by atoms with Gasteiger partial charge in [0.1, 0.15) is 5.41 Å². The third-order valence-corrected chi connectivity index (χ3v) is 7.07. The monoisotopic (exact) mass is 372 g/mol. The number of carbonyl (C=O) groups excluding carboxylic acids is 1. The number of carbonyl (C=O) groups is 1. The number of rotatable bonds is 2. The molecule has 5 atom stereocenters. The fourth-order valence-electron chi connectivity index (χ4n) is 5.87. The maximum Gasteiger partial charge on any atom is 0.320 e. The molecule has 3 aliphatic rings. The number of hydrogen-bond acceptors (Lipinski definition) is 6. The molecule has 1 aromatic carbocycles. The quantitative estimate of drug-likeness (QED) is 0.666. The van der Waals surface area contributed by atoms with E-state index in [9.17, 15) is 15.0 Å². The minimum Gasteiger partial charge on any atom is -0.468 e. The summed E-state index contributed by atoms with van der Waals surface area (Å²) in [6.45, 7) is 1.24. The van der Waals surface area contributed by atoms with Crippen LogP contribution in [-0.4, -0.2) is 71.2 Å². The predicted molar refractivity (Wildman–Crippen MR) is 97.2 cm³/mol. The molecule has 4 bridgehead atoms. The van der Waals surface area contributed by atoms with Crippen LogP contribution in [0.5, 0.6) is 0 Å². The van der Waals surface area contributed by atoms with Crippen molar-refractivity contribution in [2.45, 2.75) is 30.0 Å². The van der Waals surface area contributed by atoms with E-state index >= 15 is 0 Å². The Morgan fingerprint density at radius 1 is 1.44 bits per heavy atom. The number of nitrogens with one attached hydrogen (secondary N) is 1. The Bertz CT molecular complexity index is 911. The van der Waals surface area contributed by atoms with E-state index in [2.05, 4.69) is 9.88 Å². The van der Waals surface area contributed by atoms with Gasteiger partial charge in [0.15, 0.2) is 0 Å². The molecule has 0 saturated carbocycles. The summed E-state index contributed by atoms with van der Waals surface area (Å²) in [6, 6.07) is 7.98. The minimum atomic E-state index is -1.09. The Morgan fingerprint density at radius 3 is 3.04 bits per heavy atom. The zero-order valence-electron chi connectivity index (χ0n) is 15.3. The van der Waals surface area contributed by atoms with Gasteiger partial charge in [0, 0.05) is 29.1 Å². The molecule has 2 aromatic rings. The first kappa shape index (κ1) is 17.2. The molecule has 27 heavy (non-hydrogen) atoms. The maximum atomic E-state index is 13.3. The first-order chi connectivity index (χ1) is 13.1. The second-order valence-corrected chi connectivity index (χ2v) is 7.93. The van der Waals surface area contributed by atoms with Crippen LogP contribution in [0.2, 0.25) is 0 Å². The lowest BCUT2D eigenvalue weighted by Crippen LogP contribution is -2.63. The molecule has 2 saturated heterocycles. The summed E-state index contributed by atoms with van der Waals surface area (Å²) in [6.07, 6.45) is -0.193. The van der Waals surface area contributed by atoms with Crippen LogP contribution in [0.3, 0.4) is 0 Å². The Kier molecular flexibility index (Phi) is 3.68.